The summed E-state index contributed by atoms with van der Waals surface area (Å²) < 4.78 is 0. The van der Waals surface area contributed by atoms with Crippen LogP contribution in [-0.2, 0) is 6.42 Å². The lowest BCUT2D eigenvalue weighted by molar-refractivity contribution is 0.841. The Hall–Kier alpha value is -0.300. The van der Waals surface area contributed by atoms with Crippen LogP contribution in [0.25, 0.3) is 0 Å². The van der Waals surface area contributed by atoms with Crippen molar-refractivity contribution in [2.45, 2.75) is 26.7 Å². The molecule has 0 saturated carbocycles. The van der Waals surface area contributed by atoms with Crippen molar-refractivity contribution in [3.8, 4) is 0 Å². The van der Waals surface area contributed by atoms with E-state index in [2.05, 4.69) is 31.4 Å². The third-order valence-corrected chi connectivity index (χ3v) is 2.39. The molecule has 0 N–H and O–H groups in total. The lowest BCUT2D eigenvalue weighted by atomic mass is 10.1. The van der Waals surface area contributed by atoms with E-state index in [-0.39, 0.29) is 0 Å². The molecule has 1 aromatic rings. The minimum absolute atomic E-state index is 1.22. The van der Waals surface area contributed by atoms with E-state index in [0.29, 0.717) is 0 Å². The van der Waals surface area contributed by atoms with Crippen LogP contribution in [0.3, 0.4) is 0 Å². The Morgan fingerprint density at radius 1 is 1.50 bits per heavy atom. The molecule has 0 aromatic carbocycles. The van der Waals surface area contributed by atoms with Gasteiger partial charge in [-0.1, -0.05) is 19.9 Å². The summed E-state index contributed by atoms with van der Waals surface area (Å²) in [4.78, 5) is 1.50. The highest BCUT2D eigenvalue weighted by molar-refractivity contribution is 7.09. The van der Waals surface area contributed by atoms with E-state index in [1.54, 1.807) is 0 Å². The van der Waals surface area contributed by atoms with Crippen molar-refractivity contribution < 1.29 is 0 Å². The summed E-state index contributed by atoms with van der Waals surface area (Å²) in [7, 11) is 0. The van der Waals surface area contributed by atoms with Crippen LogP contribution < -0.4 is 0 Å². The Morgan fingerprint density at radius 2 is 2.30 bits per heavy atom. The van der Waals surface area contributed by atoms with Crippen LogP contribution in [0.1, 0.15) is 25.1 Å². The van der Waals surface area contributed by atoms with Crippen LogP contribution in [-0.4, -0.2) is 0 Å². The fourth-order valence-corrected chi connectivity index (χ4v) is 1.54. The monoisotopic (exact) mass is 153 g/mol. The maximum absolute atomic E-state index is 2.20. The number of aryl methyl sites for hydroxylation is 1. The summed E-state index contributed by atoms with van der Waals surface area (Å²) in [5, 5.41) is 2.14. The second-order valence-corrected chi connectivity index (χ2v) is 3.82. The summed E-state index contributed by atoms with van der Waals surface area (Å²) in [5.74, 6) is 1.52. The fraction of sp³-hybridized carbons (Fsp3) is 0.444. The van der Waals surface area contributed by atoms with Crippen LogP contribution >= 0.6 is 11.3 Å². The van der Waals surface area contributed by atoms with E-state index in [1.165, 1.54) is 23.6 Å². The van der Waals surface area contributed by atoms with E-state index < -0.39 is 0 Å². The Morgan fingerprint density at radius 3 is 2.80 bits per heavy atom. The summed E-state index contributed by atoms with van der Waals surface area (Å²) in [6, 6.07) is 4.32. The van der Waals surface area contributed by atoms with Gasteiger partial charge in [-0.15, -0.1) is 11.3 Å². The van der Waals surface area contributed by atoms with Gasteiger partial charge in [-0.25, -0.2) is 0 Å². The van der Waals surface area contributed by atoms with Crippen LogP contribution in [0.2, 0.25) is 0 Å². The molecule has 1 heterocycles. The minimum atomic E-state index is 1.22. The van der Waals surface area contributed by atoms with Crippen molar-refractivity contribution in [3.63, 3.8) is 0 Å². The first kappa shape index (κ1) is 7.80. The fourth-order valence-electron chi connectivity index (χ4n) is 0.828. The lowest BCUT2D eigenvalue weighted by Crippen LogP contribution is -1.86. The molecule has 0 unspecified atom stereocenters. The highest BCUT2D eigenvalue weighted by atomic mass is 32.1. The zero-order chi connectivity index (χ0) is 7.40. The van der Waals surface area contributed by atoms with Crippen LogP contribution in [0, 0.1) is 5.92 Å². The van der Waals surface area contributed by atoms with Gasteiger partial charge < -0.3 is 0 Å². The molecule has 0 aliphatic heterocycles. The Bertz CT molecular complexity index is 163. The van der Waals surface area contributed by atoms with E-state index in [0.717, 1.165) is 0 Å². The van der Waals surface area contributed by atoms with Crippen molar-refractivity contribution >= 4 is 11.3 Å². The molecule has 1 heteroatoms. The molecular weight excluding hydrogens is 140 g/mol. The zero-order valence-electron chi connectivity index (χ0n) is 6.55. The van der Waals surface area contributed by atoms with Gasteiger partial charge in [-0.3, -0.25) is 0 Å². The maximum Gasteiger partial charge on any atom is 0.00454 e. The van der Waals surface area contributed by atoms with Gasteiger partial charge in [-0.2, -0.15) is 0 Å². The maximum atomic E-state index is 2.20. The van der Waals surface area contributed by atoms with Gasteiger partial charge in [0, 0.05) is 4.88 Å². The summed E-state index contributed by atoms with van der Waals surface area (Å²) in [5.41, 5.74) is 0. The summed E-state index contributed by atoms with van der Waals surface area (Å²) in [6.45, 7) is 4.38. The average Bonchev–Trinajstić information content (AvgIpc) is 2.34. The summed E-state index contributed by atoms with van der Waals surface area (Å²) in [6.07, 6.45) is 2.46. The molecule has 1 rings (SSSR count). The second kappa shape index (κ2) is 3.77. The molecule has 1 aromatic heterocycles. The van der Waals surface area contributed by atoms with E-state index in [9.17, 15) is 0 Å². The van der Waals surface area contributed by atoms with Crippen molar-refractivity contribution in [1.29, 1.82) is 0 Å². The molecule has 10 heavy (non-hydrogen) atoms. The largest absolute Gasteiger partial charge is 0.149 e. The van der Waals surface area contributed by atoms with E-state index >= 15 is 0 Å². The zero-order valence-corrected chi connectivity index (χ0v) is 7.37. The van der Waals surface area contributed by atoms with Crippen LogP contribution in [0.5, 0.6) is 0 Å². The highest BCUT2D eigenvalue weighted by Crippen LogP contribution is 2.14. The van der Waals surface area contributed by atoms with Gasteiger partial charge in [0.05, 0.1) is 0 Å². The predicted molar refractivity (Wildman–Crippen MR) is 47.2 cm³/mol. The number of hydrogen-bond acceptors (Lipinski definition) is 1. The Balaban J connectivity index is 2.28. The molecule has 0 nitrogen and oxygen atoms in total. The van der Waals surface area contributed by atoms with E-state index in [4.69, 9.17) is 0 Å². The van der Waals surface area contributed by atoms with Crippen molar-refractivity contribution in [1.82, 2.24) is 0 Å². The van der Waals surface area contributed by atoms with Crippen LogP contribution in [0.4, 0.5) is 0 Å². The number of hydrogen-bond donors (Lipinski definition) is 0. The molecule has 0 saturated heterocycles. The van der Waals surface area contributed by atoms with Crippen molar-refractivity contribution in [2.24, 2.45) is 0 Å². The van der Waals surface area contributed by atoms with Gasteiger partial charge in [0.25, 0.3) is 0 Å². The first-order valence-electron chi connectivity index (χ1n) is 3.60. The molecular formula is C9H13S. The van der Waals surface area contributed by atoms with Gasteiger partial charge in [-0.05, 0) is 30.2 Å². The third kappa shape index (κ3) is 2.53. The number of rotatable bonds is 3. The SMILES string of the molecule is C[C](C)CCc1cccs1. The molecule has 0 fully saturated rings. The number of thiophene rings is 1. The van der Waals surface area contributed by atoms with E-state index in [1.807, 2.05) is 11.3 Å². The lowest BCUT2D eigenvalue weighted by Gasteiger charge is -1.99. The molecule has 0 atom stereocenters. The first-order chi connectivity index (χ1) is 4.79. The summed E-state index contributed by atoms with van der Waals surface area (Å²) >= 11 is 1.85. The predicted octanol–water partition coefficient (Wildman–Crippen LogP) is 3.29. The molecule has 0 aliphatic carbocycles. The second-order valence-electron chi connectivity index (χ2n) is 2.79. The quantitative estimate of drug-likeness (QED) is 0.625. The normalized spacial score (nSPS) is 10.7. The molecule has 55 valence electrons. The third-order valence-electron chi connectivity index (χ3n) is 1.45. The van der Waals surface area contributed by atoms with Gasteiger partial charge in [0.1, 0.15) is 0 Å². The first-order valence-corrected chi connectivity index (χ1v) is 4.48. The standard InChI is InChI=1S/C9H13S/c1-8(2)5-6-9-4-3-7-10-9/h3-4,7H,5-6H2,1-2H3. The van der Waals surface area contributed by atoms with Crippen molar-refractivity contribution in [3.05, 3.63) is 28.3 Å². The van der Waals surface area contributed by atoms with Gasteiger partial charge >= 0.3 is 0 Å². The van der Waals surface area contributed by atoms with Gasteiger partial charge in [0.2, 0.25) is 0 Å². The Labute approximate surface area is 66.9 Å². The molecule has 0 bridgehead atoms. The highest BCUT2D eigenvalue weighted by Gasteiger charge is 1.96. The molecule has 0 amide bonds. The van der Waals surface area contributed by atoms with Gasteiger partial charge in [0.15, 0.2) is 0 Å². The molecule has 0 spiro atoms. The average molecular weight is 153 g/mol. The van der Waals surface area contributed by atoms with Crippen LogP contribution in [0.15, 0.2) is 17.5 Å². The smallest absolute Gasteiger partial charge is 0.00454 e. The van der Waals surface area contributed by atoms with Crippen molar-refractivity contribution in [2.75, 3.05) is 0 Å². The Kier molecular flexibility index (Phi) is 2.94. The topological polar surface area (TPSA) is 0 Å². The minimum Gasteiger partial charge on any atom is -0.149 e. The molecule has 1 radical (unpaired) electrons. The molecule has 0 aliphatic rings.